The molecule has 130 valence electrons. The molecule has 1 aromatic carbocycles. The fourth-order valence-electron chi connectivity index (χ4n) is 2.83. The Hall–Kier alpha value is -2.69. The summed E-state index contributed by atoms with van der Waals surface area (Å²) in [6.07, 6.45) is 4.32. The molecule has 0 aliphatic carbocycles. The Morgan fingerprint density at radius 2 is 2.00 bits per heavy atom. The van der Waals surface area contributed by atoms with Crippen LogP contribution in [0.4, 0.5) is 0 Å². The molecule has 5 heteroatoms. The number of nitrogens with one attached hydrogen (secondary N) is 1. The molecular formula is C20H24N4O. The summed E-state index contributed by atoms with van der Waals surface area (Å²) in [6.45, 7) is 5.38. The number of aromatic nitrogens is 3. The number of nitrogens with zero attached hydrogens (tertiary/aromatic N) is 3. The fourth-order valence-corrected chi connectivity index (χ4v) is 2.83. The third-order valence-corrected chi connectivity index (χ3v) is 4.23. The Kier molecular flexibility index (Phi) is 5.43. The van der Waals surface area contributed by atoms with Crippen molar-refractivity contribution in [2.24, 2.45) is 0 Å². The van der Waals surface area contributed by atoms with Crippen molar-refractivity contribution in [3.63, 3.8) is 0 Å². The smallest absolute Gasteiger partial charge is 0.220 e. The minimum atomic E-state index is 0.108. The SMILES string of the molecule is CCCCC(=O)NCCn1c(-c2ccc(C)cc2)nc2cccnc21. The second-order valence-corrected chi connectivity index (χ2v) is 6.25. The van der Waals surface area contributed by atoms with Crippen LogP contribution < -0.4 is 5.32 Å². The maximum Gasteiger partial charge on any atom is 0.220 e. The molecule has 0 unspecified atom stereocenters. The molecule has 0 atom stereocenters. The van der Waals surface area contributed by atoms with Gasteiger partial charge in [0.05, 0.1) is 0 Å². The number of hydrogen-bond acceptors (Lipinski definition) is 3. The lowest BCUT2D eigenvalue weighted by Gasteiger charge is -2.10. The number of aryl methyl sites for hydroxylation is 1. The summed E-state index contributed by atoms with van der Waals surface area (Å²) in [5.74, 6) is 0.993. The first-order valence-corrected chi connectivity index (χ1v) is 8.84. The van der Waals surface area contributed by atoms with Gasteiger partial charge in [0, 0.05) is 31.3 Å². The average Bonchev–Trinajstić information content (AvgIpc) is 2.99. The molecular weight excluding hydrogens is 312 g/mol. The normalized spacial score (nSPS) is 11.0. The highest BCUT2D eigenvalue weighted by atomic mass is 16.1. The molecule has 0 saturated carbocycles. The van der Waals surface area contributed by atoms with Crippen molar-refractivity contribution in [1.29, 1.82) is 0 Å². The van der Waals surface area contributed by atoms with Crippen LogP contribution in [0, 0.1) is 6.92 Å². The number of benzene rings is 1. The Balaban J connectivity index is 1.83. The largest absolute Gasteiger partial charge is 0.354 e. The van der Waals surface area contributed by atoms with Gasteiger partial charge < -0.3 is 9.88 Å². The van der Waals surface area contributed by atoms with E-state index in [2.05, 4.69) is 53.0 Å². The molecule has 3 aromatic rings. The molecule has 2 aromatic heterocycles. The number of pyridine rings is 1. The number of rotatable bonds is 7. The van der Waals surface area contributed by atoms with Crippen molar-refractivity contribution in [3.8, 4) is 11.4 Å². The highest BCUT2D eigenvalue weighted by Crippen LogP contribution is 2.23. The monoisotopic (exact) mass is 336 g/mol. The number of hydrogen-bond donors (Lipinski definition) is 1. The van der Waals surface area contributed by atoms with E-state index >= 15 is 0 Å². The van der Waals surface area contributed by atoms with E-state index in [1.165, 1.54) is 5.56 Å². The zero-order chi connectivity index (χ0) is 17.6. The lowest BCUT2D eigenvalue weighted by Crippen LogP contribution is -2.27. The van der Waals surface area contributed by atoms with Gasteiger partial charge in [-0.3, -0.25) is 4.79 Å². The van der Waals surface area contributed by atoms with Crippen molar-refractivity contribution in [3.05, 3.63) is 48.2 Å². The fraction of sp³-hybridized carbons (Fsp3) is 0.350. The van der Waals surface area contributed by atoms with Crippen LogP contribution >= 0.6 is 0 Å². The zero-order valence-electron chi connectivity index (χ0n) is 14.8. The van der Waals surface area contributed by atoms with Crippen LogP contribution in [0.25, 0.3) is 22.6 Å². The maximum absolute atomic E-state index is 11.8. The molecule has 1 amide bonds. The molecule has 0 bridgehead atoms. The first kappa shape index (κ1) is 17.1. The Bertz CT molecular complexity index is 852. The quantitative estimate of drug-likeness (QED) is 0.715. The van der Waals surface area contributed by atoms with Gasteiger partial charge in [-0.05, 0) is 25.5 Å². The summed E-state index contributed by atoms with van der Waals surface area (Å²) in [4.78, 5) is 21.1. The van der Waals surface area contributed by atoms with Crippen LogP contribution in [0.3, 0.4) is 0 Å². The molecule has 1 N–H and O–H groups in total. The Morgan fingerprint density at radius 1 is 1.20 bits per heavy atom. The summed E-state index contributed by atoms with van der Waals surface area (Å²) in [7, 11) is 0. The van der Waals surface area contributed by atoms with E-state index < -0.39 is 0 Å². The van der Waals surface area contributed by atoms with Crippen molar-refractivity contribution in [2.75, 3.05) is 6.54 Å². The van der Waals surface area contributed by atoms with Crippen LogP contribution in [0.1, 0.15) is 31.7 Å². The van der Waals surface area contributed by atoms with Gasteiger partial charge in [0.1, 0.15) is 11.3 Å². The summed E-state index contributed by atoms with van der Waals surface area (Å²) in [5.41, 5.74) is 3.99. The van der Waals surface area contributed by atoms with Crippen molar-refractivity contribution >= 4 is 17.1 Å². The summed E-state index contributed by atoms with van der Waals surface area (Å²) in [6, 6.07) is 12.2. The van der Waals surface area contributed by atoms with Gasteiger partial charge in [0.15, 0.2) is 5.65 Å². The van der Waals surface area contributed by atoms with Gasteiger partial charge in [-0.15, -0.1) is 0 Å². The summed E-state index contributed by atoms with van der Waals surface area (Å²) in [5, 5.41) is 2.99. The minimum Gasteiger partial charge on any atom is -0.354 e. The third kappa shape index (κ3) is 4.05. The number of fused-ring (bicyclic) bond motifs is 1. The standard InChI is InChI=1S/C20H24N4O/c1-3-4-7-18(25)21-13-14-24-19(16-10-8-15(2)9-11-16)23-17-6-5-12-22-20(17)24/h5-6,8-12H,3-4,7,13-14H2,1-2H3,(H,21,25). The molecule has 0 aliphatic heterocycles. The predicted molar refractivity (Wildman–Crippen MR) is 100 cm³/mol. The number of carbonyl (C=O) groups excluding carboxylic acids is 1. The Labute approximate surface area is 148 Å². The number of imidazole rings is 1. The second-order valence-electron chi connectivity index (χ2n) is 6.25. The van der Waals surface area contributed by atoms with E-state index in [0.717, 1.165) is 35.4 Å². The van der Waals surface area contributed by atoms with Gasteiger partial charge in [-0.25, -0.2) is 9.97 Å². The Morgan fingerprint density at radius 3 is 2.76 bits per heavy atom. The maximum atomic E-state index is 11.8. The van der Waals surface area contributed by atoms with Crippen molar-refractivity contribution in [2.45, 2.75) is 39.7 Å². The summed E-state index contributed by atoms with van der Waals surface area (Å²) < 4.78 is 2.08. The molecule has 25 heavy (non-hydrogen) atoms. The van der Waals surface area contributed by atoms with E-state index in [0.29, 0.717) is 19.5 Å². The highest BCUT2D eigenvalue weighted by Gasteiger charge is 2.13. The first-order valence-electron chi connectivity index (χ1n) is 8.84. The van der Waals surface area contributed by atoms with E-state index in [1.807, 2.05) is 12.1 Å². The molecule has 2 heterocycles. The van der Waals surface area contributed by atoms with Crippen LogP contribution in [0.5, 0.6) is 0 Å². The van der Waals surface area contributed by atoms with E-state index in [9.17, 15) is 4.79 Å². The van der Waals surface area contributed by atoms with Gasteiger partial charge in [0.25, 0.3) is 0 Å². The molecule has 0 aliphatic rings. The van der Waals surface area contributed by atoms with Crippen LogP contribution in [-0.2, 0) is 11.3 Å². The lowest BCUT2D eigenvalue weighted by molar-refractivity contribution is -0.121. The van der Waals surface area contributed by atoms with Gasteiger partial charge in [0.2, 0.25) is 5.91 Å². The molecule has 3 rings (SSSR count). The zero-order valence-corrected chi connectivity index (χ0v) is 14.8. The van der Waals surface area contributed by atoms with Gasteiger partial charge >= 0.3 is 0 Å². The van der Waals surface area contributed by atoms with E-state index in [1.54, 1.807) is 6.20 Å². The van der Waals surface area contributed by atoms with E-state index in [4.69, 9.17) is 4.98 Å². The van der Waals surface area contributed by atoms with Crippen LogP contribution in [-0.4, -0.2) is 27.0 Å². The predicted octanol–water partition coefficient (Wildman–Crippen LogP) is 3.71. The van der Waals surface area contributed by atoms with Crippen molar-refractivity contribution < 1.29 is 4.79 Å². The number of amides is 1. The van der Waals surface area contributed by atoms with Gasteiger partial charge in [-0.2, -0.15) is 0 Å². The van der Waals surface area contributed by atoms with Gasteiger partial charge in [-0.1, -0.05) is 43.2 Å². The molecule has 5 nitrogen and oxygen atoms in total. The van der Waals surface area contributed by atoms with Crippen molar-refractivity contribution in [1.82, 2.24) is 19.9 Å². The number of unbranched alkanes of at least 4 members (excludes halogenated alkanes) is 1. The minimum absolute atomic E-state index is 0.108. The summed E-state index contributed by atoms with van der Waals surface area (Å²) >= 11 is 0. The second kappa shape index (κ2) is 7.92. The van der Waals surface area contributed by atoms with E-state index in [-0.39, 0.29) is 5.91 Å². The average molecular weight is 336 g/mol. The molecule has 0 saturated heterocycles. The van der Waals surface area contributed by atoms with Crippen LogP contribution in [0.15, 0.2) is 42.6 Å². The third-order valence-electron chi connectivity index (χ3n) is 4.23. The highest BCUT2D eigenvalue weighted by molar-refractivity contribution is 5.77. The molecule has 0 radical (unpaired) electrons. The lowest BCUT2D eigenvalue weighted by atomic mass is 10.1. The molecule has 0 fully saturated rings. The molecule has 0 spiro atoms. The first-order chi connectivity index (χ1) is 12.2. The van der Waals surface area contributed by atoms with Crippen LogP contribution in [0.2, 0.25) is 0 Å². The topological polar surface area (TPSA) is 59.8 Å². The number of carbonyl (C=O) groups is 1.